The zero-order valence-corrected chi connectivity index (χ0v) is 23.6. The van der Waals surface area contributed by atoms with E-state index in [4.69, 9.17) is 9.16 Å². The molecule has 0 heterocycles. The smallest absolute Gasteiger partial charge is 0.301 e. The van der Waals surface area contributed by atoms with Crippen LogP contribution in [0.3, 0.4) is 0 Å². The van der Waals surface area contributed by atoms with Crippen molar-refractivity contribution in [3.05, 3.63) is 59.7 Å². The minimum atomic E-state index is -3.69. The van der Waals surface area contributed by atoms with Crippen LogP contribution < -0.4 is 9.46 Å². The molecule has 0 amide bonds. The summed E-state index contributed by atoms with van der Waals surface area (Å²) in [6, 6.07) is 18.7. The summed E-state index contributed by atoms with van der Waals surface area (Å²) >= 11 is 2.34. The van der Waals surface area contributed by atoms with Crippen LogP contribution in [0.25, 0.3) is 0 Å². The van der Waals surface area contributed by atoms with Gasteiger partial charge in [-0.2, -0.15) is 12.7 Å². The molecule has 0 aliphatic heterocycles. The summed E-state index contributed by atoms with van der Waals surface area (Å²) < 4.78 is 42.5. The minimum Gasteiger partial charge on any atom is -0.487 e. The Morgan fingerprint density at radius 3 is 2.19 bits per heavy atom. The Morgan fingerprint density at radius 2 is 1.66 bits per heavy atom. The van der Waals surface area contributed by atoms with Gasteiger partial charge in [0.15, 0.2) is 8.32 Å². The lowest BCUT2D eigenvalue weighted by atomic mass is 10.1. The van der Waals surface area contributed by atoms with Crippen molar-refractivity contribution in [1.82, 2.24) is 4.31 Å². The monoisotopic (exact) mass is 590 g/mol. The maximum Gasteiger partial charge on any atom is 0.301 e. The van der Waals surface area contributed by atoms with E-state index in [1.165, 1.54) is 14.1 Å². The van der Waals surface area contributed by atoms with Crippen LogP contribution in [0.2, 0.25) is 18.1 Å². The first-order valence-electron chi connectivity index (χ1n) is 10.9. The van der Waals surface area contributed by atoms with Gasteiger partial charge < -0.3 is 9.16 Å². The normalized spacial score (nSPS) is 13.2. The summed E-state index contributed by atoms with van der Waals surface area (Å²) in [4.78, 5) is 0. The van der Waals surface area contributed by atoms with Gasteiger partial charge >= 0.3 is 10.2 Å². The predicted molar refractivity (Wildman–Crippen MR) is 143 cm³/mol. The second kappa shape index (κ2) is 12.4. The third-order valence-corrected chi connectivity index (χ3v) is 12.7. The van der Waals surface area contributed by atoms with Crippen LogP contribution in [0.5, 0.6) is 5.75 Å². The Morgan fingerprint density at radius 1 is 1.03 bits per heavy atom. The molecule has 0 aliphatic carbocycles. The van der Waals surface area contributed by atoms with E-state index in [1.54, 1.807) is 0 Å². The average Bonchev–Trinajstić information content (AvgIpc) is 2.80. The molecule has 1 atom stereocenters. The molecule has 6 nitrogen and oxygen atoms in total. The van der Waals surface area contributed by atoms with Gasteiger partial charge in [0.25, 0.3) is 0 Å². The van der Waals surface area contributed by atoms with E-state index < -0.39 is 18.5 Å². The average molecular weight is 591 g/mol. The van der Waals surface area contributed by atoms with Gasteiger partial charge in [-0.15, -0.1) is 0 Å². The van der Waals surface area contributed by atoms with Gasteiger partial charge in [-0.25, -0.2) is 0 Å². The molecule has 2 aromatic rings. The number of nitrogens with zero attached hydrogens (tertiary/aromatic N) is 1. The van der Waals surface area contributed by atoms with Gasteiger partial charge in [0.1, 0.15) is 12.4 Å². The number of ether oxygens (including phenoxy) is 1. The van der Waals surface area contributed by atoms with Crippen LogP contribution in [0.4, 0.5) is 5.69 Å². The summed E-state index contributed by atoms with van der Waals surface area (Å²) in [6.45, 7) is 6.97. The molecule has 0 fully saturated rings. The molecule has 0 spiro atoms. The van der Waals surface area contributed by atoms with Gasteiger partial charge in [-0.05, 0) is 41.4 Å². The highest BCUT2D eigenvalue weighted by molar-refractivity contribution is 14.1. The highest BCUT2D eigenvalue weighted by Gasteiger charge is 2.32. The van der Waals surface area contributed by atoms with Crippen LogP contribution in [0.1, 0.15) is 38.0 Å². The second-order valence-corrected chi connectivity index (χ2v) is 15.4. The largest absolute Gasteiger partial charge is 0.487 e. The fourth-order valence-corrected chi connectivity index (χ4v) is 7.88. The lowest BCUT2D eigenvalue weighted by molar-refractivity contribution is 0.217. The third kappa shape index (κ3) is 7.18. The van der Waals surface area contributed by atoms with E-state index in [9.17, 15) is 8.42 Å². The van der Waals surface area contributed by atoms with Gasteiger partial charge in [0.05, 0.1) is 11.8 Å². The fourth-order valence-electron chi connectivity index (χ4n) is 3.41. The van der Waals surface area contributed by atoms with Crippen LogP contribution in [-0.4, -0.2) is 39.6 Å². The number of hydrogen-bond donors (Lipinski definition) is 1. The van der Waals surface area contributed by atoms with Gasteiger partial charge in [0.2, 0.25) is 0 Å². The Hall–Kier alpha value is -1.14. The quantitative estimate of drug-likeness (QED) is 0.177. The first-order chi connectivity index (χ1) is 15.2. The molecule has 0 radical (unpaired) electrons. The Bertz CT molecular complexity index is 945. The number of benzene rings is 2. The second-order valence-electron chi connectivity index (χ2n) is 7.92. The summed E-state index contributed by atoms with van der Waals surface area (Å²) in [5, 5.41) is 0. The Balaban J connectivity index is 2.39. The van der Waals surface area contributed by atoms with Gasteiger partial charge in [0, 0.05) is 18.5 Å². The van der Waals surface area contributed by atoms with E-state index in [0.717, 1.165) is 38.0 Å². The number of alkyl halides is 1. The summed E-state index contributed by atoms with van der Waals surface area (Å²) in [5.41, 5.74) is 2.38. The summed E-state index contributed by atoms with van der Waals surface area (Å²) in [7, 11) is -2.51. The van der Waals surface area contributed by atoms with Crippen molar-refractivity contribution in [2.75, 3.05) is 23.2 Å². The summed E-state index contributed by atoms with van der Waals surface area (Å²) in [5.74, 6) is 0.486. The summed E-state index contributed by atoms with van der Waals surface area (Å²) in [6.07, 6.45) is -0.0899. The lowest BCUT2D eigenvalue weighted by Crippen LogP contribution is -2.37. The first-order valence-corrected chi connectivity index (χ1v) is 16.4. The van der Waals surface area contributed by atoms with Crippen molar-refractivity contribution < 1.29 is 17.6 Å². The highest BCUT2D eigenvalue weighted by atomic mass is 127. The molecule has 9 heteroatoms. The maximum absolute atomic E-state index is 12.6. The number of hydrogen-bond acceptors (Lipinski definition) is 4. The third-order valence-electron chi connectivity index (χ3n) is 5.80. The maximum atomic E-state index is 12.6. The molecule has 0 unspecified atom stereocenters. The molecule has 0 saturated heterocycles. The molecule has 2 rings (SSSR count). The molecule has 1 N–H and O–H groups in total. The number of halogens is 1. The van der Waals surface area contributed by atoms with Gasteiger partial charge in [-0.1, -0.05) is 79.8 Å². The van der Waals surface area contributed by atoms with Crippen LogP contribution in [0, 0.1) is 0 Å². The zero-order chi connectivity index (χ0) is 23.8. The predicted octanol–water partition coefficient (Wildman–Crippen LogP) is 5.98. The van der Waals surface area contributed by atoms with Crippen LogP contribution in [-0.2, 0) is 21.2 Å². The van der Waals surface area contributed by atoms with E-state index in [-0.39, 0.29) is 6.10 Å². The van der Waals surface area contributed by atoms with E-state index in [1.807, 2.05) is 48.5 Å². The molecule has 0 saturated carbocycles. The Labute approximate surface area is 208 Å². The van der Waals surface area contributed by atoms with Crippen molar-refractivity contribution in [1.29, 1.82) is 0 Å². The van der Waals surface area contributed by atoms with Crippen molar-refractivity contribution in [2.24, 2.45) is 0 Å². The molecule has 32 heavy (non-hydrogen) atoms. The molecule has 0 aliphatic rings. The van der Waals surface area contributed by atoms with E-state index in [0.29, 0.717) is 18.0 Å². The minimum absolute atomic E-state index is 0.0899. The number of nitrogens with one attached hydrogen (secondary N) is 1. The topological polar surface area (TPSA) is 67.9 Å². The standard InChI is InChI=1S/C23H35IN2O4SSi/c1-6-32(7-2,8-3)30-23(17-24)20-14-15-22(29-18-19-12-10-9-11-13-19)21(16-20)25-31(27,28)26(4)5/h9-16,23,25H,6-8,17-18H2,1-5H3/t23-/m0/s1. The zero-order valence-electron chi connectivity index (χ0n) is 19.6. The first kappa shape index (κ1) is 27.1. The van der Waals surface area contributed by atoms with Crippen molar-refractivity contribution >= 4 is 46.8 Å². The Kier molecular flexibility index (Phi) is 10.5. The van der Waals surface area contributed by atoms with Crippen LogP contribution >= 0.6 is 22.6 Å². The molecule has 0 aromatic heterocycles. The van der Waals surface area contributed by atoms with Crippen molar-refractivity contribution in [3.63, 3.8) is 0 Å². The van der Waals surface area contributed by atoms with E-state index in [2.05, 4.69) is 48.1 Å². The van der Waals surface area contributed by atoms with E-state index >= 15 is 0 Å². The SMILES string of the molecule is CC[Si](CC)(CC)O[C@@H](CI)c1ccc(OCc2ccccc2)c(NS(=O)(=O)N(C)C)c1. The lowest BCUT2D eigenvalue weighted by Gasteiger charge is -2.33. The van der Waals surface area contributed by atoms with Gasteiger partial charge in [-0.3, -0.25) is 4.72 Å². The molecule has 178 valence electrons. The number of anilines is 1. The molecule has 2 aromatic carbocycles. The molecular weight excluding hydrogens is 555 g/mol. The molecular formula is C23H35IN2O4SSi. The highest BCUT2D eigenvalue weighted by Crippen LogP contribution is 2.35. The van der Waals surface area contributed by atoms with Crippen LogP contribution in [0.15, 0.2) is 48.5 Å². The fraction of sp³-hybridized carbons (Fsp3) is 0.478. The molecule has 0 bridgehead atoms. The van der Waals surface area contributed by atoms with Crippen molar-refractivity contribution in [3.8, 4) is 5.75 Å². The van der Waals surface area contributed by atoms with Crippen molar-refractivity contribution in [2.45, 2.75) is 51.6 Å². The number of rotatable bonds is 13.